The van der Waals surface area contributed by atoms with Crippen molar-refractivity contribution in [2.24, 2.45) is 0 Å². The number of aromatic nitrogens is 3. The monoisotopic (exact) mass is 382 g/mol. The zero-order chi connectivity index (χ0) is 20.1. The van der Waals surface area contributed by atoms with E-state index in [-0.39, 0.29) is 18.2 Å². The molecule has 0 unspecified atom stereocenters. The molecule has 0 bridgehead atoms. The van der Waals surface area contributed by atoms with Crippen LogP contribution < -0.4 is 4.74 Å². The first-order valence-electron chi connectivity index (χ1n) is 8.75. The van der Waals surface area contributed by atoms with Crippen molar-refractivity contribution in [3.8, 4) is 17.7 Å². The summed E-state index contributed by atoms with van der Waals surface area (Å²) in [5, 5.41) is 10.8. The van der Waals surface area contributed by atoms with E-state index in [1.54, 1.807) is 30.5 Å². The Balaban J connectivity index is 1.64. The Morgan fingerprint density at radius 3 is 2.48 bits per heavy atom. The summed E-state index contributed by atoms with van der Waals surface area (Å²) in [5.41, 5.74) is 3.09. The van der Waals surface area contributed by atoms with Crippen LogP contribution in [0.1, 0.15) is 16.8 Å². The van der Waals surface area contributed by atoms with Gasteiger partial charge in [0.1, 0.15) is 12.1 Å². The Morgan fingerprint density at radius 1 is 0.931 bits per heavy atom. The van der Waals surface area contributed by atoms with E-state index in [1.165, 1.54) is 12.1 Å². The number of benzene rings is 2. The van der Waals surface area contributed by atoms with Crippen LogP contribution in [0.15, 0.2) is 72.9 Å². The smallest absolute Gasteiger partial charge is 0.269 e. The number of hydrogen-bond acceptors (Lipinski definition) is 6. The van der Waals surface area contributed by atoms with E-state index in [0.29, 0.717) is 16.9 Å². The van der Waals surface area contributed by atoms with Gasteiger partial charge in [-0.2, -0.15) is 0 Å². The molecule has 7 nitrogen and oxygen atoms in total. The summed E-state index contributed by atoms with van der Waals surface area (Å²) in [6.45, 7) is 0.179. The number of nitro benzene ring substituents is 1. The first kappa shape index (κ1) is 18.1. The van der Waals surface area contributed by atoms with Gasteiger partial charge >= 0.3 is 0 Å². The summed E-state index contributed by atoms with van der Waals surface area (Å²) in [7, 11) is 0. The van der Waals surface area contributed by atoms with E-state index in [2.05, 4.69) is 26.8 Å². The van der Waals surface area contributed by atoms with Gasteiger partial charge in [0.05, 0.1) is 4.92 Å². The Hall–Kier alpha value is -4.31. The van der Waals surface area contributed by atoms with Gasteiger partial charge in [0, 0.05) is 23.9 Å². The molecular weight excluding hydrogens is 368 g/mol. The molecule has 0 aliphatic carbocycles. The van der Waals surface area contributed by atoms with Crippen LogP contribution in [0.5, 0.6) is 5.88 Å². The van der Waals surface area contributed by atoms with Gasteiger partial charge in [-0.15, -0.1) is 0 Å². The van der Waals surface area contributed by atoms with Crippen molar-refractivity contribution in [1.29, 1.82) is 0 Å². The van der Waals surface area contributed by atoms with E-state index in [0.717, 1.165) is 11.1 Å². The van der Waals surface area contributed by atoms with E-state index < -0.39 is 4.92 Å². The van der Waals surface area contributed by atoms with Crippen LogP contribution in [-0.2, 0) is 6.61 Å². The van der Waals surface area contributed by atoms with E-state index in [9.17, 15) is 10.1 Å². The van der Waals surface area contributed by atoms with Crippen molar-refractivity contribution in [2.45, 2.75) is 6.61 Å². The van der Waals surface area contributed by atoms with Crippen molar-refractivity contribution in [1.82, 2.24) is 15.0 Å². The molecule has 2 aromatic heterocycles. The van der Waals surface area contributed by atoms with Gasteiger partial charge in [-0.1, -0.05) is 24.1 Å². The molecule has 0 aliphatic heterocycles. The SMILES string of the molecule is O=[N+]([O-])c1ccc(COc2nc3cccnc3nc2C#Cc2ccccc2)cc1. The molecule has 0 aliphatic rings. The van der Waals surface area contributed by atoms with Crippen LogP contribution >= 0.6 is 0 Å². The summed E-state index contributed by atoms with van der Waals surface area (Å²) in [6.07, 6.45) is 1.64. The minimum absolute atomic E-state index is 0.0275. The Kier molecular flexibility index (Phi) is 5.08. The van der Waals surface area contributed by atoms with Gasteiger partial charge in [-0.05, 0) is 47.9 Å². The fourth-order valence-electron chi connectivity index (χ4n) is 2.58. The number of ether oxygens (including phenoxy) is 1. The molecular formula is C22H14N4O3. The van der Waals surface area contributed by atoms with Crippen molar-refractivity contribution in [3.05, 3.63) is 99.9 Å². The molecule has 0 atom stereocenters. The van der Waals surface area contributed by atoms with Crippen LogP contribution in [0.25, 0.3) is 11.2 Å². The minimum atomic E-state index is -0.441. The normalized spacial score (nSPS) is 10.2. The summed E-state index contributed by atoms with van der Waals surface area (Å²) in [6, 6.07) is 19.3. The zero-order valence-electron chi connectivity index (χ0n) is 15.1. The average Bonchev–Trinajstić information content (AvgIpc) is 2.77. The maximum Gasteiger partial charge on any atom is 0.269 e. The van der Waals surface area contributed by atoms with Gasteiger partial charge in [0.15, 0.2) is 11.3 Å². The standard InChI is InChI=1S/C22H14N4O3/c27-26(28)18-11-8-17(9-12-18)15-29-22-20(13-10-16-5-2-1-3-6-16)24-21-19(25-22)7-4-14-23-21/h1-9,11-12,14H,15H2. The van der Waals surface area contributed by atoms with Crippen molar-refractivity contribution in [3.63, 3.8) is 0 Å². The summed E-state index contributed by atoms with van der Waals surface area (Å²) in [4.78, 5) is 23.5. The van der Waals surface area contributed by atoms with Crippen molar-refractivity contribution < 1.29 is 9.66 Å². The molecule has 0 radical (unpaired) electrons. The molecule has 140 valence electrons. The topological polar surface area (TPSA) is 91.0 Å². The molecule has 0 spiro atoms. The van der Waals surface area contributed by atoms with Crippen molar-refractivity contribution in [2.75, 3.05) is 0 Å². The number of nitro groups is 1. The lowest BCUT2D eigenvalue weighted by molar-refractivity contribution is -0.384. The van der Waals surface area contributed by atoms with Crippen molar-refractivity contribution >= 4 is 16.9 Å². The fourth-order valence-corrected chi connectivity index (χ4v) is 2.58. The molecule has 0 saturated heterocycles. The van der Waals surface area contributed by atoms with Gasteiger partial charge in [-0.25, -0.2) is 15.0 Å². The summed E-state index contributed by atoms with van der Waals surface area (Å²) in [5.74, 6) is 6.34. The maximum atomic E-state index is 10.8. The Bertz CT molecular complexity index is 1230. The van der Waals surface area contributed by atoms with Crippen LogP contribution in [0, 0.1) is 22.0 Å². The Labute approximate surface area is 166 Å². The van der Waals surface area contributed by atoms with E-state index in [4.69, 9.17) is 4.74 Å². The first-order chi connectivity index (χ1) is 14.2. The fraction of sp³-hybridized carbons (Fsp3) is 0.0455. The first-order valence-corrected chi connectivity index (χ1v) is 8.75. The predicted molar refractivity (Wildman–Crippen MR) is 107 cm³/mol. The molecule has 0 fully saturated rings. The Morgan fingerprint density at radius 2 is 1.72 bits per heavy atom. The summed E-state index contributed by atoms with van der Waals surface area (Å²) < 4.78 is 5.85. The second kappa shape index (κ2) is 8.15. The lowest BCUT2D eigenvalue weighted by Gasteiger charge is -2.08. The molecule has 7 heteroatoms. The number of fused-ring (bicyclic) bond motifs is 1. The zero-order valence-corrected chi connectivity index (χ0v) is 15.1. The molecule has 0 saturated carbocycles. The molecule has 0 N–H and O–H groups in total. The average molecular weight is 382 g/mol. The van der Waals surface area contributed by atoms with Gasteiger partial charge < -0.3 is 4.74 Å². The van der Waals surface area contributed by atoms with Gasteiger partial charge in [0.2, 0.25) is 5.88 Å². The number of non-ortho nitro benzene ring substituents is 1. The number of rotatable bonds is 4. The highest BCUT2D eigenvalue weighted by Crippen LogP contribution is 2.19. The van der Waals surface area contributed by atoms with Crippen LogP contribution in [0.4, 0.5) is 5.69 Å². The molecule has 4 aromatic rings. The number of nitrogens with zero attached hydrogens (tertiary/aromatic N) is 4. The highest BCUT2D eigenvalue weighted by molar-refractivity contribution is 5.71. The third-order valence-corrected chi connectivity index (χ3v) is 4.03. The lowest BCUT2D eigenvalue weighted by atomic mass is 10.2. The maximum absolute atomic E-state index is 10.8. The molecule has 0 amide bonds. The van der Waals surface area contributed by atoms with Gasteiger partial charge in [-0.3, -0.25) is 10.1 Å². The number of hydrogen-bond donors (Lipinski definition) is 0. The third kappa shape index (κ3) is 4.34. The van der Waals surface area contributed by atoms with Crippen LogP contribution in [0.2, 0.25) is 0 Å². The largest absolute Gasteiger partial charge is 0.471 e. The molecule has 29 heavy (non-hydrogen) atoms. The quantitative estimate of drug-likeness (QED) is 0.302. The van der Waals surface area contributed by atoms with Crippen LogP contribution in [0.3, 0.4) is 0 Å². The second-order valence-corrected chi connectivity index (χ2v) is 6.05. The van der Waals surface area contributed by atoms with E-state index in [1.807, 2.05) is 30.3 Å². The molecule has 2 heterocycles. The minimum Gasteiger partial charge on any atom is -0.471 e. The number of pyridine rings is 1. The van der Waals surface area contributed by atoms with Crippen LogP contribution in [-0.4, -0.2) is 19.9 Å². The predicted octanol–water partition coefficient (Wildman–Crippen LogP) is 3.91. The van der Waals surface area contributed by atoms with E-state index >= 15 is 0 Å². The lowest BCUT2D eigenvalue weighted by Crippen LogP contribution is -2.02. The highest BCUT2D eigenvalue weighted by Gasteiger charge is 2.10. The summed E-state index contributed by atoms with van der Waals surface area (Å²) >= 11 is 0. The van der Waals surface area contributed by atoms with Gasteiger partial charge in [0.25, 0.3) is 5.69 Å². The molecule has 4 rings (SSSR count). The second-order valence-electron chi connectivity index (χ2n) is 6.05. The third-order valence-electron chi connectivity index (χ3n) is 4.03. The highest BCUT2D eigenvalue weighted by atomic mass is 16.6. The molecule has 2 aromatic carbocycles.